The first kappa shape index (κ1) is 13.2. The van der Waals surface area contributed by atoms with Gasteiger partial charge in [-0.25, -0.2) is 15.0 Å². The summed E-state index contributed by atoms with van der Waals surface area (Å²) in [6, 6.07) is 3.74. The van der Waals surface area contributed by atoms with Gasteiger partial charge in [0.05, 0.1) is 18.3 Å². The highest BCUT2D eigenvalue weighted by molar-refractivity contribution is 5.83. The van der Waals surface area contributed by atoms with Crippen LogP contribution in [0, 0.1) is 0 Å². The molecule has 6 nitrogen and oxygen atoms in total. The number of fused-ring (bicyclic) bond motifs is 1. The normalized spacial score (nSPS) is 19.2. The summed E-state index contributed by atoms with van der Waals surface area (Å²) < 4.78 is 13.1. The highest BCUT2D eigenvalue weighted by Crippen LogP contribution is 2.26. The molecule has 0 radical (unpaired) electrons. The number of hydrogen-bond acceptors (Lipinski definition) is 5. The molecule has 0 bridgehead atoms. The quantitative estimate of drug-likeness (QED) is 0.742. The van der Waals surface area contributed by atoms with Gasteiger partial charge >= 0.3 is 0 Å². The van der Waals surface area contributed by atoms with Gasteiger partial charge < -0.3 is 9.15 Å². The minimum absolute atomic E-state index is 0.0237. The third-order valence-electron chi connectivity index (χ3n) is 3.80. The van der Waals surface area contributed by atoms with Gasteiger partial charge in [0.15, 0.2) is 5.65 Å². The van der Waals surface area contributed by atoms with Crippen LogP contribution >= 0.6 is 0 Å². The lowest BCUT2D eigenvalue weighted by Gasteiger charge is -2.23. The van der Waals surface area contributed by atoms with Crippen molar-refractivity contribution < 1.29 is 9.15 Å². The van der Waals surface area contributed by atoms with E-state index < -0.39 is 0 Å². The molecule has 4 rings (SSSR count). The van der Waals surface area contributed by atoms with Crippen molar-refractivity contribution in [2.24, 2.45) is 0 Å². The third kappa shape index (κ3) is 2.42. The van der Waals surface area contributed by atoms with Crippen LogP contribution in [0.15, 0.2) is 35.5 Å². The van der Waals surface area contributed by atoms with Crippen molar-refractivity contribution in [1.29, 1.82) is 0 Å². The van der Waals surface area contributed by atoms with Crippen LogP contribution in [0.25, 0.3) is 23.3 Å². The Bertz CT molecular complexity index is 786. The molecule has 1 saturated heterocycles. The summed E-state index contributed by atoms with van der Waals surface area (Å²) in [5.74, 6) is 0.779. The van der Waals surface area contributed by atoms with Crippen molar-refractivity contribution in [2.75, 3.05) is 6.61 Å². The summed E-state index contributed by atoms with van der Waals surface area (Å²) in [6.07, 6.45) is 12.1. The maximum Gasteiger partial charge on any atom is 0.165 e. The molecule has 1 fully saturated rings. The minimum Gasteiger partial charge on any atom is -0.465 e. The summed E-state index contributed by atoms with van der Waals surface area (Å²) in [5, 5.41) is 0. The van der Waals surface area contributed by atoms with Crippen LogP contribution in [-0.2, 0) is 4.74 Å². The SMILES string of the molecule is C(=Cc1ncnc2c1ncn2C1CCCCO1)c1ccco1. The predicted octanol–water partition coefficient (Wildman–Crippen LogP) is 3.29. The second-order valence-electron chi connectivity index (χ2n) is 5.25. The molecule has 22 heavy (non-hydrogen) atoms. The van der Waals surface area contributed by atoms with Crippen molar-refractivity contribution in [3.63, 3.8) is 0 Å². The Labute approximate surface area is 127 Å². The standard InChI is InChI=1S/C16H16N4O2/c1-2-8-22-14(5-1)20-11-19-15-13(17-10-18-16(15)20)7-6-12-4-3-9-21-12/h3-4,6-7,9-11,14H,1-2,5,8H2. The Morgan fingerprint density at radius 3 is 3.00 bits per heavy atom. The molecular weight excluding hydrogens is 280 g/mol. The molecule has 0 aliphatic carbocycles. The lowest BCUT2D eigenvalue weighted by molar-refractivity contribution is -0.0298. The molecule has 1 unspecified atom stereocenters. The van der Waals surface area contributed by atoms with Crippen molar-refractivity contribution >= 4 is 23.3 Å². The average Bonchev–Trinajstić information content (AvgIpc) is 3.23. The fourth-order valence-electron chi connectivity index (χ4n) is 2.69. The van der Waals surface area contributed by atoms with E-state index in [1.54, 1.807) is 18.9 Å². The zero-order valence-electron chi connectivity index (χ0n) is 12.1. The fraction of sp³-hybridized carbons (Fsp3) is 0.312. The maximum atomic E-state index is 5.82. The van der Waals surface area contributed by atoms with Crippen molar-refractivity contribution in [2.45, 2.75) is 25.5 Å². The molecule has 0 spiro atoms. The molecule has 0 N–H and O–H groups in total. The van der Waals surface area contributed by atoms with Gasteiger partial charge in [-0.1, -0.05) is 0 Å². The van der Waals surface area contributed by atoms with E-state index in [0.29, 0.717) is 0 Å². The van der Waals surface area contributed by atoms with Gasteiger partial charge in [0, 0.05) is 6.61 Å². The molecule has 1 aliphatic heterocycles. The van der Waals surface area contributed by atoms with Crippen molar-refractivity contribution in [3.05, 3.63) is 42.5 Å². The summed E-state index contributed by atoms with van der Waals surface area (Å²) in [7, 11) is 0. The highest BCUT2D eigenvalue weighted by atomic mass is 16.5. The number of rotatable bonds is 3. The molecule has 0 amide bonds. The van der Waals surface area contributed by atoms with E-state index in [9.17, 15) is 0 Å². The van der Waals surface area contributed by atoms with E-state index in [1.165, 1.54) is 6.42 Å². The lowest BCUT2D eigenvalue weighted by atomic mass is 10.2. The Kier molecular flexibility index (Phi) is 3.44. The first-order valence-corrected chi connectivity index (χ1v) is 7.42. The first-order valence-electron chi connectivity index (χ1n) is 7.42. The van der Waals surface area contributed by atoms with E-state index in [1.807, 2.05) is 28.9 Å². The Balaban J connectivity index is 1.70. The van der Waals surface area contributed by atoms with Gasteiger partial charge in [-0.15, -0.1) is 0 Å². The fourth-order valence-corrected chi connectivity index (χ4v) is 2.69. The van der Waals surface area contributed by atoms with E-state index in [-0.39, 0.29) is 6.23 Å². The smallest absolute Gasteiger partial charge is 0.165 e. The number of furan rings is 1. The monoisotopic (exact) mass is 296 g/mol. The first-order chi connectivity index (χ1) is 10.9. The Morgan fingerprint density at radius 1 is 1.18 bits per heavy atom. The van der Waals surface area contributed by atoms with E-state index in [0.717, 1.165) is 42.1 Å². The van der Waals surface area contributed by atoms with E-state index in [2.05, 4.69) is 15.0 Å². The average molecular weight is 296 g/mol. The van der Waals surface area contributed by atoms with Gasteiger partial charge in [0.2, 0.25) is 0 Å². The third-order valence-corrected chi connectivity index (χ3v) is 3.80. The minimum atomic E-state index is 0.0237. The molecule has 0 aromatic carbocycles. The second-order valence-corrected chi connectivity index (χ2v) is 5.25. The largest absolute Gasteiger partial charge is 0.465 e. The summed E-state index contributed by atoms with van der Waals surface area (Å²) in [4.78, 5) is 13.2. The van der Waals surface area contributed by atoms with Crippen LogP contribution in [0.1, 0.15) is 36.9 Å². The molecule has 1 aliphatic rings. The molecule has 112 valence electrons. The van der Waals surface area contributed by atoms with Gasteiger partial charge in [0.25, 0.3) is 0 Å². The van der Waals surface area contributed by atoms with Gasteiger partial charge in [-0.05, 0) is 43.5 Å². The predicted molar refractivity (Wildman–Crippen MR) is 81.8 cm³/mol. The molecule has 3 aromatic rings. The van der Waals surface area contributed by atoms with Crippen LogP contribution in [0.4, 0.5) is 0 Å². The van der Waals surface area contributed by atoms with Gasteiger partial charge in [0.1, 0.15) is 23.8 Å². The van der Waals surface area contributed by atoms with Crippen LogP contribution in [0.5, 0.6) is 0 Å². The van der Waals surface area contributed by atoms with E-state index >= 15 is 0 Å². The Hall–Kier alpha value is -2.47. The zero-order valence-corrected chi connectivity index (χ0v) is 12.1. The molecule has 0 saturated carbocycles. The summed E-state index contributed by atoms with van der Waals surface area (Å²) in [5.41, 5.74) is 2.36. The molecular formula is C16H16N4O2. The van der Waals surface area contributed by atoms with Crippen LogP contribution in [0.2, 0.25) is 0 Å². The number of nitrogens with zero attached hydrogens (tertiary/aromatic N) is 4. The lowest BCUT2D eigenvalue weighted by Crippen LogP contribution is -2.17. The van der Waals surface area contributed by atoms with Crippen molar-refractivity contribution in [3.8, 4) is 0 Å². The maximum absolute atomic E-state index is 5.82. The second kappa shape index (κ2) is 5.73. The van der Waals surface area contributed by atoms with Crippen molar-refractivity contribution in [1.82, 2.24) is 19.5 Å². The number of hydrogen-bond donors (Lipinski definition) is 0. The highest BCUT2D eigenvalue weighted by Gasteiger charge is 2.19. The zero-order chi connectivity index (χ0) is 14.8. The topological polar surface area (TPSA) is 66.0 Å². The number of ether oxygens (including phenoxy) is 1. The Morgan fingerprint density at radius 2 is 2.18 bits per heavy atom. The number of aromatic nitrogens is 4. The molecule has 3 aromatic heterocycles. The van der Waals surface area contributed by atoms with Crippen LogP contribution < -0.4 is 0 Å². The molecule has 1 atom stereocenters. The van der Waals surface area contributed by atoms with Gasteiger partial charge in [-0.3, -0.25) is 4.57 Å². The number of imidazole rings is 1. The molecule has 4 heterocycles. The van der Waals surface area contributed by atoms with Crippen LogP contribution in [-0.4, -0.2) is 26.1 Å². The summed E-state index contributed by atoms with van der Waals surface area (Å²) in [6.45, 7) is 0.792. The summed E-state index contributed by atoms with van der Waals surface area (Å²) >= 11 is 0. The van der Waals surface area contributed by atoms with E-state index in [4.69, 9.17) is 9.15 Å². The molecule has 6 heteroatoms. The van der Waals surface area contributed by atoms with Gasteiger partial charge in [-0.2, -0.15) is 0 Å². The van der Waals surface area contributed by atoms with Crippen LogP contribution in [0.3, 0.4) is 0 Å².